The van der Waals surface area contributed by atoms with E-state index in [1.54, 1.807) is 6.20 Å². The highest BCUT2D eigenvalue weighted by atomic mass is 32.2. The fraction of sp³-hybridized carbons (Fsp3) is 0.421. The fourth-order valence-corrected chi connectivity index (χ4v) is 5.22. The summed E-state index contributed by atoms with van der Waals surface area (Å²) in [6.45, 7) is 5.92. The molecule has 0 saturated heterocycles. The summed E-state index contributed by atoms with van der Waals surface area (Å²) in [6, 6.07) is 10.6. The minimum Gasteiger partial charge on any atom is -0.261 e. The van der Waals surface area contributed by atoms with E-state index in [-0.39, 0.29) is 21.2 Å². The van der Waals surface area contributed by atoms with E-state index in [9.17, 15) is 16.8 Å². The van der Waals surface area contributed by atoms with E-state index in [1.807, 2.05) is 39.0 Å². The van der Waals surface area contributed by atoms with E-state index in [4.69, 9.17) is 0 Å². The van der Waals surface area contributed by atoms with Crippen molar-refractivity contribution < 1.29 is 16.8 Å². The van der Waals surface area contributed by atoms with Crippen molar-refractivity contribution in [2.75, 3.05) is 13.3 Å². The van der Waals surface area contributed by atoms with Gasteiger partial charge in [0.05, 0.1) is 9.79 Å². The Hall–Kier alpha value is -1.77. The molecule has 0 amide bonds. The molecular weight excluding hydrogens is 384 g/mol. The van der Waals surface area contributed by atoms with Gasteiger partial charge in [0.25, 0.3) is 0 Å². The van der Waals surface area contributed by atoms with Crippen LogP contribution in [0.2, 0.25) is 0 Å². The van der Waals surface area contributed by atoms with Crippen LogP contribution in [0.15, 0.2) is 58.5 Å². The summed E-state index contributed by atoms with van der Waals surface area (Å²) >= 11 is 0. The summed E-state index contributed by atoms with van der Waals surface area (Å²) in [7, 11) is -5.86. The normalized spacial score (nSPS) is 14.3. The summed E-state index contributed by atoms with van der Waals surface area (Å²) in [5.74, 6) is 0. The highest BCUT2D eigenvalue weighted by Crippen LogP contribution is 2.30. The molecule has 1 aromatic carbocycles. The molecule has 1 atom stereocenters. The number of pyridine rings is 1. The van der Waals surface area contributed by atoms with E-state index >= 15 is 0 Å². The monoisotopic (exact) mass is 410 g/mol. The Bertz CT molecular complexity index is 996. The van der Waals surface area contributed by atoms with Gasteiger partial charge >= 0.3 is 0 Å². The lowest BCUT2D eigenvalue weighted by molar-refractivity contribution is 0.196. The van der Waals surface area contributed by atoms with Crippen LogP contribution in [0.4, 0.5) is 0 Å². The third kappa shape index (κ3) is 5.15. The Balaban J connectivity index is 2.46. The second kappa shape index (κ2) is 7.69. The maximum atomic E-state index is 13.2. The molecule has 0 saturated carbocycles. The zero-order valence-corrected chi connectivity index (χ0v) is 17.9. The third-order valence-electron chi connectivity index (χ3n) is 4.48. The first-order valence-corrected chi connectivity index (χ1v) is 11.8. The number of sulfonamides is 1. The predicted molar refractivity (Wildman–Crippen MR) is 106 cm³/mol. The zero-order chi connectivity index (χ0) is 20.5. The van der Waals surface area contributed by atoms with Crippen molar-refractivity contribution in [2.45, 2.75) is 43.0 Å². The summed E-state index contributed by atoms with van der Waals surface area (Å²) in [5.41, 5.74) is 0.442. The molecule has 8 heteroatoms. The number of rotatable bonds is 6. The molecule has 0 aliphatic rings. The molecule has 0 spiro atoms. The van der Waals surface area contributed by atoms with Crippen molar-refractivity contribution in [3.05, 3.63) is 54.4 Å². The molecule has 0 aliphatic carbocycles. The lowest BCUT2D eigenvalue weighted by Crippen LogP contribution is -2.46. The second-order valence-corrected chi connectivity index (χ2v) is 11.7. The van der Waals surface area contributed by atoms with Crippen molar-refractivity contribution >= 4 is 19.9 Å². The molecular formula is C19H26N2O4S2. The van der Waals surface area contributed by atoms with Crippen LogP contribution in [0.5, 0.6) is 0 Å². The molecule has 27 heavy (non-hydrogen) atoms. The summed E-state index contributed by atoms with van der Waals surface area (Å²) in [4.78, 5) is 4.26. The van der Waals surface area contributed by atoms with Crippen LogP contribution >= 0.6 is 0 Å². The summed E-state index contributed by atoms with van der Waals surface area (Å²) in [6.07, 6.45) is 3.19. The molecule has 2 aromatic rings. The quantitative estimate of drug-likeness (QED) is 0.731. The van der Waals surface area contributed by atoms with Crippen molar-refractivity contribution in [1.82, 2.24) is 9.29 Å². The van der Waals surface area contributed by atoms with Gasteiger partial charge in [0.1, 0.15) is 0 Å². The molecule has 2 rings (SSSR count). The number of benzene rings is 1. The van der Waals surface area contributed by atoms with Crippen LogP contribution < -0.4 is 0 Å². The van der Waals surface area contributed by atoms with Crippen molar-refractivity contribution in [3.8, 4) is 0 Å². The van der Waals surface area contributed by atoms with E-state index in [1.165, 1.54) is 35.6 Å². The SMILES string of the molecule is CN([C@H](Cc1ccccn1)C(C)(C)C)S(=O)(=O)c1cccc(S(C)(=O)=O)c1. The molecule has 148 valence electrons. The van der Waals surface area contributed by atoms with E-state index in [0.717, 1.165) is 11.9 Å². The van der Waals surface area contributed by atoms with Crippen LogP contribution in [0.1, 0.15) is 26.5 Å². The summed E-state index contributed by atoms with van der Waals surface area (Å²) < 4.78 is 51.3. The average Bonchev–Trinajstić information content (AvgIpc) is 2.58. The molecule has 0 N–H and O–H groups in total. The maximum Gasteiger partial charge on any atom is 0.243 e. The highest BCUT2D eigenvalue weighted by Gasteiger charge is 2.36. The number of sulfone groups is 1. The number of hydrogen-bond donors (Lipinski definition) is 0. The summed E-state index contributed by atoms with van der Waals surface area (Å²) in [5, 5.41) is 0. The average molecular weight is 411 g/mol. The highest BCUT2D eigenvalue weighted by molar-refractivity contribution is 7.91. The first-order chi connectivity index (χ1) is 12.3. The van der Waals surface area contributed by atoms with Gasteiger partial charge in [-0.25, -0.2) is 16.8 Å². The van der Waals surface area contributed by atoms with E-state index < -0.39 is 19.9 Å². The van der Waals surface area contributed by atoms with Crippen LogP contribution in [0, 0.1) is 5.41 Å². The molecule has 0 fully saturated rings. The van der Waals surface area contributed by atoms with Gasteiger partial charge in [0.15, 0.2) is 9.84 Å². The van der Waals surface area contributed by atoms with Crippen molar-refractivity contribution in [2.24, 2.45) is 5.41 Å². The molecule has 0 aliphatic heterocycles. The maximum absolute atomic E-state index is 13.2. The van der Waals surface area contributed by atoms with Crippen molar-refractivity contribution in [1.29, 1.82) is 0 Å². The second-order valence-electron chi connectivity index (χ2n) is 7.68. The number of aromatic nitrogens is 1. The largest absolute Gasteiger partial charge is 0.261 e. The van der Waals surface area contributed by atoms with Gasteiger partial charge in [-0.05, 0) is 35.7 Å². The number of likely N-dealkylation sites (N-methyl/N-ethyl adjacent to an activating group) is 1. The van der Waals surface area contributed by atoms with Gasteiger partial charge in [-0.15, -0.1) is 0 Å². The van der Waals surface area contributed by atoms with Gasteiger partial charge in [-0.3, -0.25) is 4.98 Å². The number of nitrogens with zero attached hydrogens (tertiary/aromatic N) is 2. The standard InChI is InChI=1S/C19H26N2O4S2/c1-19(2,3)18(13-15-9-6-7-12-20-15)21(4)27(24,25)17-11-8-10-16(14-17)26(5,22)23/h6-12,14,18H,13H2,1-5H3/t18-/m1/s1. The first kappa shape index (κ1) is 21.5. The molecule has 1 heterocycles. The van der Waals surface area contributed by atoms with Crippen molar-refractivity contribution in [3.63, 3.8) is 0 Å². The van der Waals surface area contributed by atoms with E-state index in [0.29, 0.717) is 6.42 Å². The Morgan fingerprint density at radius 2 is 1.63 bits per heavy atom. The van der Waals surface area contributed by atoms with Crippen LogP contribution in [0.3, 0.4) is 0 Å². The van der Waals surface area contributed by atoms with Gasteiger partial charge < -0.3 is 0 Å². The molecule has 0 bridgehead atoms. The van der Waals surface area contributed by atoms with Gasteiger partial charge in [-0.1, -0.05) is 32.9 Å². The minimum absolute atomic E-state index is 0.0194. The smallest absolute Gasteiger partial charge is 0.243 e. The predicted octanol–water partition coefficient (Wildman–Crippen LogP) is 2.76. The molecule has 6 nitrogen and oxygen atoms in total. The Labute approximate surface area is 162 Å². The van der Waals surface area contributed by atoms with Crippen LogP contribution in [0.25, 0.3) is 0 Å². The van der Waals surface area contributed by atoms with Gasteiger partial charge in [-0.2, -0.15) is 4.31 Å². The Morgan fingerprint density at radius 3 is 2.15 bits per heavy atom. The Kier molecular flexibility index (Phi) is 6.13. The lowest BCUT2D eigenvalue weighted by atomic mass is 9.84. The fourth-order valence-electron chi connectivity index (χ4n) is 2.90. The Morgan fingerprint density at radius 1 is 1.00 bits per heavy atom. The zero-order valence-electron chi connectivity index (χ0n) is 16.2. The molecule has 0 unspecified atom stereocenters. The number of hydrogen-bond acceptors (Lipinski definition) is 5. The minimum atomic E-state index is -3.88. The molecule has 0 radical (unpaired) electrons. The van der Waals surface area contributed by atoms with Gasteiger partial charge in [0, 0.05) is 37.7 Å². The van der Waals surface area contributed by atoms with Gasteiger partial charge in [0.2, 0.25) is 10.0 Å². The van der Waals surface area contributed by atoms with E-state index in [2.05, 4.69) is 4.98 Å². The van der Waals surface area contributed by atoms with Crippen LogP contribution in [-0.4, -0.2) is 45.5 Å². The lowest BCUT2D eigenvalue weighted by Gasteiger charge is -2.37. The van der Waals surface area contributed by atoms with Crippen LogP contribution in [-0.2, 0) is 26.3 Å². The molecule has 1 aromatic heterocycles. The third-order valence-corrected chi connectivity index (χ3v) is 7.45. The first-order valence-electron chi connectivity index (χ1n) is 8.51. The topological polar surface area (TPSA) is 84.4 Å².